The smallest absolute Gasteiger partial charge is 0.162 e. The third-order valence-electron chi connectivity index (χ3n) is 5.56. The molecule has 4 rings (SSSR count). The van der Waals surface area contributed by atoms with Crippen LogP contribution in [0.15, 0.2) is 71.7 Å². The first-order valence-corrected chi connectivity index (χ1v) is 10.7. The molecule has 0 unspecified atom stereocenters. The third-order valence-corrected chi connectivity index (χ3v) is 5.56. The van der Waals surface area contributed by atoms with E-state index in [2.05, 4.69) is 5.32 Å². The van der Waals surface area contributed by atoms with E-state index in [0.29, 0.717) is 18.8 Å². The SMILES string of the molecule is CCOc1cccc([C@@H]2CC(c3cccc(OC)c3)=N[C@H](c3cccc(OC)c3)N2)c1O. The molecule has 0 saturated heterocycles. The zero-order chi connectivity index (χ0) is 22.5. The first kappa shape index (κ1) is 21.7. The van der Waals surface area contributed by atoms with E-state index in [1.54, 1.807) is 20.3 Å². The molecule has 0 saturated carbocycles. The topological polar surface area (TPSA) is 72.3 Å². The molecule has 0 aromatic heterocycles. The number of phenols is 1. The number of hydrogen-bond acceptors (Lipinski definition) is 6. The summed E-state index contributed by atoms with van der Waals surface area (Å²) < 4.78 is 16.4. The van der Waals surface area contributed by atoms with E-state index in [-0.39, 0.29) is 18.0 Å². The van der Waals surface area contributed by atoms with Gasteiger partial charge in [-0.1, -0.05) is 36.4 Å². The molecule has 166 valence electrons. The van der Waals surface area contributed by atoms with Crippen LogP contribution in [0.4, 0.5) is 0 Å². The predicted octanol–water partition coefficient (Wildman–Crippen LogP) is 5.03. The Kier molecular flexibility index (Phi) is 6.61. The van der Waals surface area contributed by atoms with Crippen LogP contribution in [0.25, 0.3) is 0 Å². The summed E-state index contributed by atoms with van der Waals surface area (Å²) >= 11 is 0. The number of nitrogens with zero attached hydrogens (tertiary/aromatic N) is 1. The summed E-state index contributed by atoms with van der Waals surface area (Å²) in [5.74, 6) is 2.18. The van der Waals surface area contributed by atoms with Crippen molar-refractivity contribution in [3.05, 3.63) is 83.4 Å². The highest BCUT2D eigenvalue weighted by atomic mass is 16.5. The Bertz CT molecular complexity index is 1110. The van der Waals surface area contributed by atoms with Crippen LogP contribution < -0.4 is 19.5 Å². The Morgan fingerprint density at radius 1 is 0.969 bits per heavy atom. The average molecular weight is 433 g/mol. The van der Waals surface area contributed by atoms with Gasteiger partial charge in [-0.15, -0.1) is 0 Å². The summed E-state index contributed by atoms with van der Waals surface area (Å²) in [5, 5.41) is 14.5. The van der Waals surface area contributed by atoms with Gasteiger partial charge < -0.3 is 19.3 Å². The lowest BCUT2D eigenvalue weighted by atomic mass is 9.93. The molecular formula is C26H28N2O4. The first-order valence-electron chi connectivity index (χ1n) is 10.7. The van der Waals surface area contributed by atoms with Crippen LogP contribution in [-0.2, 0) is 0 Å². The van der Waals surface area contributed by atoms with Gasteiger partial charge in [0.1, 0.15) is 17.7 Å². The molecule has 2 atom stereocenters. The van der Waals surface area contributed by atoms with Gasteiger partial charge in [0.25, 0.3) is 0 Å². The van der Waals surface area contributed by atoms with E-state index >= 15 is 0 Å². The number of nitrogens with one attached hydrogen (secondary N) is 1. The van der Waals surface area contributed by atoms with Crippen molar-refractivity contribution in [1.29, 1.82) is 0 Å². The molecule has 0 bridgehead atoms. The highest BCUT2D eigenvalue weighted by Crippen LogP contribution is 2.39. The quantitative estimate of drug-likeness (QED) is 0.548. The fourth-order valence-electron chi connectivity index (χ4n) is 3.96. The lowest BCUT2D eigenvalue weighted by molar-refractivity contribution is 0.313. The minimum absolute atomic E-state index is 0.156. The summed E-state index contributed by atoms with van der Waals surface area (Å²) in [5.41, 5.74) is 3.68. The summed E-state index contributed by atoms with van der Waals surface area (Å²) in [6.45, 7) is 2.38. The highest BCUT2D eigenvalue weighted by Gasteiger charge is 2.29. The number of methoxy groups -OCH3 is 2. The third kappa shape index (κ3) is 4.55. The van der Waals surface area contributed by atoms with E-state index < -0.39 is 0 Å². The molecule has 0 aliphatic carbocycles. The fraction of sp³-hybridized carbons (Fsp3) is 0.269. The molecule has 2 N–H and O–H groups in total. The zero-order valence-corrected chi connectivity index (χ0v) is 18.5. The van der Waals surface area contributed by atoms with Crippen LogP contribution in [0.3, 0.4) is 0 Å². The molecular weight excluding hydrogens is 404 g/mol. The normalized spacial score (nSPS) is 18.0. The number of para-hydroxylation sites is 1. The van der Waals surface area contributed by atoms with E-state index in [1.807, 2.05) is 67.6 Å². The van der Waals surface area contributed by atoms with Crippen molar-refractivity contribution in [3.8, 4) is 23.0 Å². The lowest BCUT2D eigenvalue weighted by Gasteiger charge is -2.31. The first-order chi connectivity index (χ1) is 15.6. The predicted molar refractivity (Wildman–Crippen MR) is 125 cm³/mol. The van der Waals surface area contributed by atoms with Crippen molar-refractivity contribution in [1.82, 2.24) is 5.32 Å². The second-order valence-corrected chi connectivity index (χ2v) is 7.54. The number of aromatic hydroxyl groups is 1. The minimum Gasteiger partial charge on any atom is -0.504 e. The summed E-state index contributed by atoms with van der Waals surface area (Å²) in [4.78, 5) is 5.02. The van der Waals surface area contributed by atoms with Crippen molar-refractivity contribution < 1.29 is 19.3 Å². The molecule has 6 heteroatoms. The Hall–Kier alpha value is -3.51. The van der Waals surface area contributed by atoms with E-state index in [4.69, 9.17) is 19.2 Å². The van der Waals surface area contributed by atoms with Crippen molar-refractivity contribution in [2.75, 3.05) is 20.8 Å². The number of aliphatic imine (C=N–C) groups is 1. The van der Waals surface area contributed by atoms with Crippen molar-refractivity contribution in [2.45, 2.75) is 25.6 Å². The maximum atomic E-state index is 10.9. The Morgan fingerprint density at radius 2 is 1.69 bits per heavy atom. The minimum atomic E-state index is -0.305. The summed E-state index contributed by atoms with van der Waals surface area (Å²) in [6, 6.07) is 21.2. The maximum Gasteiger partial charge on any atom is 0.162 e. The zero-order valence-electron chi connectivity index (χ0n) is 18.5. The van der Waals surface area contributed by atoms with Crippen molar-refractivity contribution >= 4 is 5.71 Å². The number of benzene rings is 3. The number of rotatable bonds is 7. The monoisotopic (exact) mass is 432 g/mol. The van der Waals surface area contributed by atoms with Gasteiger partial charge in [0.2, 0.25) is 0 Å². The fourth-order valence-corrected chi connectivity index (χ4v) is 3.96. The van der Waals surface area contributed by atoms with Crippen LogP contribution in [-0.4, -0.2) is 31.6 Å². The van der Waals surface area contributed by atoms with Crippen LogP contribution in [0.5, 0.6) is 23.0 Å². The van der Waals surface area contributed by atoms with E-state index in [0.717, 1.165) is 33.9 Å². The van der Waals surface area contributed by atoms with Crippen LogP contribution >= 0.6 is 0 Å². The van der Waals surface area contributed by atoms with Gasteiger partial charge in [0.05, 0.1) is 20.8 Å². The second-order valence-electron chi connectivity index (χ2n) is 7.54. The molecule has 3 aromatic carbocycles. The number of ether oxygens (including phenoxy) is 3. The molecule has 32 heavy (non-hydrogen) atoms. The lowest BCUT2D eigenvalue weighted by Crippen LogP contribution is -2.33. The molecule has 1 aliphatic heterocycles. The van der Waals surface area contributed by atoms with Crippen LogP contribution in [0, 0.1) is 0 Å². The van der Waals surface area contributed by atoms with Gasteiger partial charge in [-0.05, 0) is 48.4 Å². The maximum absolute atomic E-state index is 10.9. The molecule has 6 nitrogen and oxygen atoms in total. The Balaban J connectivity index is 1.77. The van der Waals surface area contributed by atoms with Crippen molar-refractivity contribution in [2.24, 2.45) is 4.99 Å². The van der Waals surface area contributed by atoms with Crippen LogP contribution in [0.2, 0.25) is 0 Å². The van der Waals surface area contributed by atoms with Gasteiger partial charge in [-0.3, -0.25) is 10.3 Å². The summed E-state index contributed by atoms with van der Waals surface area (Å²) in [7, 11) is 3.31. The van der Waals surface area contributed by atoms with E-state index in [1.165, 1.54) is 0 Å². The molecule has 1 heterocycles. The Morgan fingerprint density at radius 3 is 2.44 bits per heavy atom. The van der Waals surface area contributed by atoms with Gasteiger partial charge >= 0.3 is 0 Å². The van der Waals surface area contributed by atoms with E-state index in [9.17, 15) is 5.11 Å². The van der Waals surface area contributed by atoms with Gasteiger partial charge in [0, 0.05) is 23.7 Å². The highest BCUT2D eigenvalue weighted by molar-refractivity contribution is 6.02. The summed E-state index contributed by atoms with van der Waals surface area (Å²) in [6.07, 6.45) is 0.303. The van der Waals surface area contributed by atoms with Gasteiger partial charge in [-0.25, -0.2) is 0 Å². The van der Waals surface area contributed by atoms with Gasteiger partial charge in [-0.2, -0.15) is 0 Å². The van der Waals surface area contributed by atoms with Crippen molar-refractivity contribution in [3.63, 3.8) is 0 Å². The second kappa shape index (κ2) is 9.75. The number of phenolic OH excluding ortho intramolecular Hbond substituents is 1. The number of hydrogen-bond donors (Lipinski definition) is 2. The van der Waals surface area contributed by atoms with Crippen LogP contribution in [0.1, 0.15) is 42.2 Å². The molecule has 0 amide bonds. The largest absolute Gasteiger partial charge is 0.504 e. The molecule has 3 aromatic rings. The molecule has 0 spiro atoms. The Labute approximate surface area is 188 Å². The molecule has 0 radical (unpaired) electrons. The van der Waals surface area contributed by atoms with Gasteiger partial charge in [0.15, 0.2) is 11.5 Å². The molecule has 1 aliphatic rings. The average Bonchev–Trinajstić information content (AvgIpc) is 2.85. The standard InChI is InChI=1S/C26H28N2O4/c1-4-32-24-13-7-12-21(25(24)29)23-16-22(17-8-5-10-19(14-17)30-2)27-26(28-23)18-9-6-11-20(15-18)31-3/h5-15,23,26,28-29H,4,16H2,1-3H3/t23-,26-/m0/s1. The molecule has 0 fully saturated rings.